The first-order chi connectivity index (χ1) is 12.7. The number of hydrogen-bond donors (Lipinski definition) is 0. The van der Waals surface area contributed by atoms with Gasteiger partial charge in [-0.1, -0.05) is 24.3 Å². The second-order valence-electron chi connectivity index (χ2n) is 6.61. The summed E-state index contributed by atoms with van der Waals surface area (Å²) in [6, 6.07) is 13.1. The van der Waals surface area contributed by atoms with Gasteiger partial charge < -0.3 is 0 Å². The molecular weight excluding hydrogens is 346 g/mol. The Morgan fingerprint density at radius 3 is 2.46 bits per heavy atom. The number of anilines is 1. The second kappa shape index (κ2) is 5.85. The van der Waals surface area contributed by atoms with Crippen LogP contribution in [0.4, 0.5) is 5.69 Å². The monoisotopic (exact) mass is 361 g/mol. The van der Waals surface area contributed by atoms with Crippen LogP contribution < -0.4 is 4.90 Å². The van der Waals surface area contributed by atoms with Crippen LogP contribution in [0.3, 0.4) is 0 Å². The fourth-order valence-corrected chi connectivity index (χ4v) is 4.50. The minimum atomic E-state index is -0.332. The number of rotatable bonds is 2. The lowest BCUT2D eigenvalue weighted by Crippen LogP contribution is -2.30. The molecule has 6 heteroatoms. The van der Waals surface area contributed by atoms with Crippen molar-refractivity contribution in [3.05, 3.63) is 65.3 Å². The molecule has 3 aromatic rings. The molecule has 1 aromatic carbocycles. The highest BCUT2D eigenvalue weighted by molar-refractivity contribution is 7.13. The molecule has 1 saturated heterocycles. The van der Waals surface area contributed by atoms with E-state index in [-0.39, 0.29) is 23.7 Å². The molecule has 2 atom stereocenters. The summed E-state index contributed by atoms with van der Waals surface area (Å²) in [7, 11) is 0. The van der Waals surface area contributed by atoms with Crippen LogP contribution in [-0.4, -0.2) is 21.8 Å². The summed E-state index contributed by atoms with van der Waals surface area (Å²) in [4.78, 5) is 37.3. The summed E-state index contributed by atoms with van der Waals surface area (Å²) in [5.41, 5.74) is 2.51. The Hall–Kier alpha value is -2.86. The number of carbonyl (C=O) groups excluding carboxylic acids is 2. The number of imide groups is 1. The minimum absolute atomic E-state index is 0.112. The number of amides is 2. The Kier molecular flexibility index (Phi) is 3.46. The molecule has 1 aliphatic carbocycles. The van der Waals surface area contributed by atoms with Crippen molar-refractivity contribution in [3.63, 3.8) is 0 Å². The summed E-state index contributed by atoms with van der Waals surface area (Å²) in [5.74, 6) is -0.186. The first-order valence-electron chi connectivity index (χ1n) is 8.54. The van der Waals surface area contributed by atoms with Crippen molar-refractivity contribution in [1.29, 1.82) is 0 Å². The van der Waals surface area contributed by atoms with Crippen molar-refractivity contribution in [1.82, 2.24) is 9.97 Å². The summed E-state index contributed by atoms with van der Waals surface area (Å²) in [5, 5.41) is 1.99. The van der Waals surface area contributed by atoms with E-state index in [4.69, 9.17) is 4.98 Å². The molecule has 128 valence electrons. The van der Waals surface area contributed by atoms with E-state index in [9.17, 15) is 9.59 Å². The highest BCUT2D eigenvalue weighted by atomic mass is 32.1. The summed E-state index contributed by atoms with van der Waals surface area (Å²) in [6.07, 6.45) is 2.84. The topological polar surface area (TPSA) is 63.2 Å². The number of thiophene rings is 1. The lowest BCUT2D eigenvalue weighted by Gasteiger charge is -2.23. The zero-order valence-corrected chi connectivity index (χ0v) is 14.6. The van der Waals surface area contributed by atoms with Crippen LogP contribution in [0.2, 0.25) is 0 Å². The standard InChI is InChI=1S/C20H15N3O2S/c24-19-14-9-12-11-21-18(17-7-4-8-26-17)22-16(12)10-15(14)20(25)23(19)13-5-2-1-3-6-13/h1-8,11,14-15H,9-10H2/t14-,15+/m0/s1. The van der Waals surface area contributed by atoms with Gasteiger partial charge in [0.2, 0.25) is 11.8 Å². The number of carbonyl (C=O) groups is 2. The van der Waals surface area contributed by atoms with Gasteiger partial charge in [-0.2, -0.15) is 0 Å². The minimum Gasteiger partial charge on any atom is -0.274 e. The number of aromatic nitrogens is 2. The Labute approximate surface area is 154 Å². The van der Waals surface area contributed by atoms with Gasteiger partial charge in [0.25, 0.3) is 0 Å². The maximum Gasteiger partial charge on any atom is 0.238 e. The molecule has 0 radical (unpaired) electrons. The molecule has 5 rings (SSSR count). The number of fused-ring (bicyclic) bond motifs is 2. The van der Waals surface area contributed by atoms with Crippen LogP contribution in [-0.2, 0) is 22.4 Å². The third-order valence-corrected chi connectivity index (χ3v) is 5.99. The van der Waals surface area contributed by atoms with Crippen LogP contribution in [0.25, 0.3) is 10.7 Å². The van der Waals surface area contributed by atoms with E-state index in [2.05, 4.69) is 4.98 Å². The lowest BCUT2D eigenvalue weighted by molar-refractivity contribution is -0.122. The summed E-state index contributed by atoms with van der Waals surface area (Å²) < 4.78 is 0. The van der Waals surface area contributed by atoms with Crippen LogP contribution in [0, 0.1) is 11.8 Å². The van der Waals surface area contributed by atoms with Crippen LogP contribution in [0.5, 0.6) is 0 Å². The molecule has 2 aliphatic rings. The molecule has 0 saturated carbocycles. The predicted octanol–water partition coefficient (Wildman–Crippen LogP) is 3.11. The van der Waals surface area contributed by atoms with Gasteiger partial charge in [0.15, 0.2) is 5.82 Å². The van der Waals surface area contributed by atoms with Crippen LogP contribution in [0.1, 0.15) is 11.3 Å². The van der Waals surface area contributed by atoms with E-state index in [1.165, 1.54) is 4.90 Å². The van der Waals surface area contributed by atoms with Crippen molar-refractivity contribution in [3.8, 4) is 10.7 Å². The number of benzene rings is 1. The van der Waals surface area contributed by atoms with Gasteiger partial charge in [0, 0.05) is 18.3 Å². The van der Waals surface area contributed by atoms with Crippen molar-refractivity contribution in [2.75, 3.05) is 4.90 Å². The van der Waals surface area contributed by atoms with Crippen molar-refractivity contribution >= 4 is 28.8 Å². The fraction of sp³-hybridized carbons (Fsp3) is 0.200. The third kappa shape index (κ3) is 2.29. The number of nitrogens with zero attached hydrogens (tertiary/aromatic N) is 3. The number of hydrogen-bond acceptors (Lipinski definition) is 5. The first kappa shape index (κ1) is 15.4. The van der Waals surface area contributed by atoms with E-state index < -0.39 is 0 Å². The first-order valence-corrected chi connectivity index (χ1v) is 9.42. The molecule has 0 bridgehead atoms. The van der Waals surface area contributed by atoms with Crippen LogP contribution in [0.15, 0.2) is 54.0 Å². The zero-order valence-electron chi connectivity index (χ0n) is 13.8. The normalized spacial score (nSPS) is 21.6. The van der Waals surface area contributed by atoms with E-state index >= 15 is 0 Å². The molecule has 1 fully saturated rings. The largest absolute Gasteiger partial charge is 0.274 e. The second-order valence-corrected chi connectivity index (χ2v) is 7.56. The molecule has 3 heterocycles. The van der Waals surface area contributed by atoms with Crippen molar-refractivity contribution < 1.29 is 9.59 Å². The van der Waals surface area contributed by atoms with E-state index in [0.717, 1.165) is 16.1 Å². The highest BCUT2D eigenvalue weighted by Gasteiger charge is 2.50. The molecule has 0 unspecified atom stereocenters. The molecule has 5 nitrogen and oxygen atoms in total. The van der Waals surface area contributed by atoms with Crippen molar-refractivity contribution in [2.24, 2.45) is 11.8 Å². The molecule has 1 aliphatic heterocycles. The van der Waals surface area contributed by atoms with E-state index in [1.54, 1.807) is 23.5 Å². The molecule has 0 spiro atoms. The summed E-state index contributed by atoms with van der Waals surface area (Å²) in [6.45, 7) is 0. The average Bonchev–Trinajstić information content (AvgIpc) is 3.29. The SMILES string of the molecule is O=C1[C@H]2Cc3cnc(-c4cccs4)nc3C[C@H]2C(=O)N1c1ccccc1. The zero-order chi connectivity index (χ0) is 17.7. The summed E-state index contributed by atoms with van der Waals surface area (Å²) >= 11 is 1.59. The smallest absolute Gasteiger partial charge is 0.238 e. The Balaban J connectivity index is 1.50. The quantitative estimate of drug-likeness (QED) is 0.658. The predicted molar refractivity (Wildman–Crippen MR) is 98.7 cm³/mol. The Bertz CT molecular complexity index is 1000. The Morgan fingerprint density at radius 2 is 1.73 bits per heavy atom. The van der Waals surface area contributed by atoms with Gasteiger partial charge in [0.1, 0.15) is 0 Å². The molecule has 0 N–H and O–H groups in total. The van der Waals surface area contributed by atoms with Gasteiger partial charge in [-0.05, 0) is 35.6 Å². The maximum absolute atomic E-state index is 12.9. The lowest BCUT2D eigenvalue weighted by atomic mass is 9.80. The molecule has 2 amide bonds. The molecule has 2 aromatic heterocycles. The molecule has 26 heavy (non-hydrogen) atoms. The van der Waals surface area contributed by atoms with Gasteiger partial charge in [-0.25, -0.2) is 9.97 Å². The van der Waals surface area contributed by atoms with E-state index in [0.29, 0.717) is 24.4 Å². The molecular formula is C20H15N3O2S. The fourth-order valence-electron chi connectivity index (χ4n) is 3.83. The van der Waals surface area contributed by atoms with Gasteiger partial charge in [-0.3, -0.25) is 14.5 Å². The van der Waals surface area contributed by atoms with E-state index in [1.807, 2.05) is 41.9 Å². The maximum atomic E-state index is 12.9. The van der Waals surface area contributed by atoms with Crippen molar-refractivity contribution in [2.45, 2.75) is 12.8 Å². The van der Waals surface area contributed by atoms with Gasteiger partial charge in [0.05, 0.1) is 22.4 Å². The van der Waals surface area contributed by atoms with Crippen LogP contribution >= 0.6 is 11.3 Å². The highest BCUT2D eigenvalue weighted by Crippen LogP contribution is 2.39. The third-order valence-electron chi connectivity index (χ3n) is 5.12. The number of para-hydroxylation sites is 1. The Morgan fingerprint density at radius 1 is 0.962 bits per heavy atom. The van der Waals surface area contributed by atoms with Gasteiger partial charge >= 0.3 is 0 Å². The average molecular weight is 361 g/mol. The van der Waals surface area contributed by atoms with Gasteiger partial charge in [-0.15, -0.1) is 11.3 Å².